The van der Waals surface area contributed by atoms with Crippen molar-refractivity contribution in [1.82, 2.24) is 14.5 Å². The van der Waals surface area contributed by atoms with Gasteiger partial charge in [0.1, 0.15) is 11.5 Å². The highest BCUT2D eigenvalue weighted by Gasteiger charge is 2.23. The van der Waals surface area contributed by atoms with E-state index in [1.807, 2.05) is 43.3 Å². The lowest BCUT2D eigenvalue weighted by Crippen LogP contribution is -2.20. The second-order valence-corrected chi connectivity index (χ2v) is 11.8. The molecule has 0 bridgehead atoms. The Morgan fingerprint density at radius 2 is 1.87 bits per heavy atom. The number of nitrogens with one attached hydrogen (secondary N) is 1. The number of rotatable bonds is 6. The average Bonchev–Trinajstić information content (AvgIpc) is 3.29. The van der Waals surface area contributed by atoms with E-state index in [-0.39, 0.29) is 28.9 Å². The molecule has 2 aromatic heterocycles. The molecule has 0 saturated heterocycles. The van der Waals surface area contributed by atoms with Gasteiger partial charge in [-0.05, 0) is 90.5 Å². The number of aromatic amines is 1. The molecular weight excluding hydrogens is 475 g/mol. The maximum Gasteiger partial charge on any atom is 0.354 e. The number of allylic oxidation sites excluding steroid dienone is 1. The van der Waals surface area contributed by atoms with Gasteiger partial charge in [-0.15, -0.1) is 0 Å². The number of fused-ring (bicyclic) bond motifs is 2. The predicted molar refractivity (Wildman–Crippen MR) is 154 cm³/mol. The van der Waals surface area contributed by atoms with Crippen molar-refractivity contribution >= 4 is 17.1 Å². The Morgan fingerprint density at radius 3 is 2.55 bits per heavy atom. The largest absolute Gasteiger partial charge is 0.354 e. The van der Waals surface area contributed by atoms with Crippen molar-refractivity contribution in [2.45, 2.75) is 77.7 Å². The second-order valence-electron chi connectivity index (χ2n) is 11.8. The van der Waals surface area contributed by atoms with Crippen molar-refractivity contribution in [2.75, 3.05) is 0 Å². The van der Waals surface area contributed by atoms with Crippen LogP contribution < -0.4 is 11.4 Å². The predicted octanol–water partition coefficient (Wildman–Crippen LogP) is 7.01. The third-order valence-corrected chi connectivity index (χ3v) is 7.68. The van der Waals surface area contributed by atoms with Crippen LogP contribution in [0.15, 0.2) is 53.5 Å². The first kappa shape index (κ1) is 26.1. The Balaban J connectivity index is 1.58. The lowest BCUT2D eigenvalue weighted by molar-refractivity contribution is 0.564. The first-order valence-corrected chi connectivity index (χ1v) is 13.5. The fourth-order valence-electron chi connectivity index (χ4n) is 5.34. The third kappa shape index (κ3) is 4.97. The van der Waals surface area contributed by atoms with E-state index in [1.54, 1.807) is 10.8 Å². The molecular formula is C32H37FN4O. The topological polar surface area (TPSA) is 76.7 Å². The first-order chi connectivity index (χ1) is 18.0. The zero-order valence-electron chi connectivity index (χ0n) is 22.9. The molecule has 0 amide bonds. The highest BCUT2D eigenvalue weighted by Crippen LogP contribution is 2.38. The van der Waals surface area contributed by atoms with Gasteiger partial charge in [0.05, 0.1) is 11.4 Å². The maximum absolute atomic E-state index is 15.9. The molecule has 1 aliphatic rings. The van der Waals surface area contributed by atoms with Gasteiger partial charge in [0.2, 0.25) is 0 Å². The second kappa shape index (κ2) is 9.99. The Kier molecular flexibility index (Phi) is 6.86. The number of nitrogens with zero attached hydrogens (tertiary/aromatic N) is 2. The van der Waals surface area contributed by atoms with E-state index in [9.17, 15) is 4.79 Å². The van der Waals surface area contributed by atoms with Crippen molar-refractivity contribution in [2.24, 2.45) is 5.73 Å². The molecule has 38 heavy (non-hydrogen) atoms. The molecule has 0 radical (unpaired) electrons. The number of aromatic nitrogens is 3. The summed E-state index contributed by atoms with van der Waals surface area (Å²) in [6.07, 6.45) is 9.31. The van der Waals surface area contributed by atoms with Crippen molar-refractivity contribution in [3.8, 4) is 16.9 Å². The van der Waals surface area contributed by atoms with Crippen LogP contribution in [0.5, 0.6) is 0 Å². The van der Waals surface area contributed by atoms with Gasteiger partial charge in [-0.3, -0.25) is 4.57 Å². The molecule has 6 heteroatoms. The molecule has 2 aromatic carbocycles. The van der Waals surface area contributed by atoms with E-state index < -0.39 is 0 Å². The van der Waals surface area contributed by atoms with Crippen LogP contribution in [0.2, 0.25) is 0 Å². The molecule has 5 rings (SSSR count). The van der Waals surface area contributed by atoms with Gasteiger partial charge in [-0.1, -0.05) is 52.0 Å². The lowest BCUT2D eigenvalue weighted by atomic mass is 9.83. The van der Waals surface area contributed by atoms with Gasteiger partial charge < -0.3 is 10.7 Å². The van der Waals surface area contributed by atoms with Crippen molar-refractivity contribution in [1.29, 1.82) is 0 Å². The van der Waals surface area contributed by atoms with Crippen LogP contribution >= 0.6 is 0 Å². The maximum atomic E-state index is 15.9. The fraction of sp³-hybridized carbons (Fsp3) is 0.375. The highest BCUT2D eigenvalue weighted by molar-refractivity contribution is 5.84. The molecule has 2 atom stereocenters. The Labute approximate surface area is 223 Å². The Hall–Kier alpha value is -3.51. The molecule has 0 aliphatic heterocycles. The number of nitrogens with two attached hydrogens (primary N) is 1. The van der Waals surface area contributed by atoms with E-state index >= 15 is 4.39 Å². The molecule has 198 valence electrons. The summed E-state index contributed by atoms with van der Waals surface area (Å²) in [4.78, 5) is 20.4. The molecule has 0 fully saturated rings. The average molecular weight is 513 g/mol. The van der Waals surface area contributed by atoms with E-state index in [2.05, 4.69) is 49.8 Å². The lowest BCUT2D eigenvalue weighted by Gasteiger charge is -2.23. The number of benzene rings is 2. The number of hydrogen-bond acceptors (Lipinski definition) is 3. The minimum absolute atomic E-state index is 0.0227. The molecule has 1 aliphatic carbocycles. The van der Waals surface area contributed by atoms with Crippen LogP contribution in [0.4, 0.5) is 4.39 Å². The monoisotopic (exact) mass is 512 g/mol. The summed E-state index contributed by atoms with van der Waals surface area (Å²) in [6, 6.07) is 11.9. The molecule has 5 nitrogen and oxygen atoms in total. The standard InChI is InChI=1S/C32H37FN4O/c1-19(10-11-20(2)34)26-17-27(29(33)25-9-7-6-8-24(25)26)28-16-21-18-37(31(38)36-30(21)35-28)23-14-12-22(13-15-23)32(3,4)5/h6,8,12-20H,7,9-11,34H2,1-5H3,(H,35,36,38)/t19?,20-/m0/s1. The zero-order chi connectivity index (χ0) is 27.2. The van der Waals surface area contributed by atoms with E-state index in [4.69, 9.17) is 5.73 Å². The van der Waals surface area contributed by atoms with Crippen LogP contribution in [0.25, 0.3) is 34.1 Å². The van der Waals surface area contributed by atoms with E-state index in [0.717, 1.165) is 47.0 Å². The molecule has 1 unspecified atom stereocenters. The summed E-state index contributed by atoms with van der Waals surface area (Å²) in [6.45, 7) is 10.7. The van der Waals surface area contributed by atoms with Crippen LogP contribution in [-0.2, 0) is 11.8 Å². The van der Waals surface area contributed by atoms with Crippen LogP contribution in [0, 0.1) is 5.82 Å². The van der Waals surface area contributed by atoms with Gasteiger partial charge >= 0.3 is 5.69 Å². The number of halogens is 1. The summed E-state index contributed by atoms with van der Waals surface area (Å²) in [5, 5.41) is 0.753. The third-order valence-electron chi connectivity index (χ3n) is 7.68. The van der Waals surface area contributed by atoms with Crippen molar-refractivity contribution in [3.63, 3.8) is 0 Å². The first-order valence-electron chi connectivity index (χ1n) is 13.5. The normalized spacial score (nSPS) is 15.0. The molecule has 3 N–H and O–H groups in total. The van der Waals surface area contributed by atoms with Crippen molar-refractivity contribution < 1.29 is 4.39 Å². The van der Waals surface area contributed by atoms with Crippen LogP contribution in [0.3, 0.4) is 0 Å². The van der Waals surface area contributed by atoms with Crippen LogP contribution in [0.1, 0.15) is 82.1 Å². The van der Waals surface area contributed by atoms with Gasteiger partial charge in [-0.2, -0.15) is 4.98 Å². The number of hydrogen-bond donors (Lipinski definition) is 2. The van der Waals surface area contributed by atoms with Gasteiger partial charge in [-0.25, -0.2) is 9.18 Å². The molecule has 2 heterocycles. The highest BCUT2D eigenvalue weighted by atomic mass is 19.1. The summed E-state index contributed by atoms with van der Waals surface area (Å²) < 4.78 is 17.5. The number of H-pyrrole nitrogens is 1. The summed E-state index contributed by atoms with van der Waals surface area (Å²) in [5.41, 5.74) is 12.1. The molecule has 0 spiro atoms. The van der Waals surface area contributed by atoms with Crippen molar-refractivity contribution in [3.05, 3.63) is 87.2 Å². The minimum atomic E-state index is -0.379. The Morgan fingerprint density at radius 1 is 1.13 bits per heavy atom. The summed E-state index contributed by atoms with van der Waals surface area (Å²) >= 11 is 0. The van der Waals surface area contributed by atoms with Crippen LogP contribution in [-0.4, -0.2) is 20.6 Å². The molecule has 4 aromatic rings. The van der Waals surface area contributed by atoms with Gasteiger partial charge in [0.25, 0.3) is 0 Å². The van der Waals surface area contributed by atoms with E-state index in [1.165, 1.54) is 5.56 Å². The smallest absolute Gasteiger partial charge is 0.339 e. The minimum Gasteiger partial charge on any atom is -0.339 e. The van der Waals surface area contributed by atoms with Gasteiger partial charge in [0, 0.05) is 23.2 Å². The quantitative estimate of drug-likeness (QED) is 0.292. The molecule has 0 saturated carbocycles. The zero-order valence-corrected chi connectivity index (χ0v) is 22.9. The van der Waals surface area contributed by atoms with E-state index in [0.29, 0.717) is 23.3 Å². The summed E-state index contributed by atoms with van der Waals surface area (Å²) in [5.74, 6) is 0.0397. The Bertz CT molecular complexity index is 1570. The SMILES string of the molecule is CC(CC[C@H](C)N)c1cc(-c2cc3cn(-c4ccc(C(C)(C)C)cc4)c(=O)nc3[nH]2)c(F)c2c1C=CCC2. The fourth-order valence-corrected chi connectivity index (χ4v) is 5.34. The summed E-state index contributed by atoms with van der Waals surface area (Å²) in [7, 11) is 0. The van der Waals surface area contributed by atoms with Gasteiger partial charge in [0.15, 0.2) is 0 Å².